The molecule has 7 nitrogen and oxygen atoms in total. The molecule has 25 heavy (non-hydrogen) atoms. The number of carbonyl (C=O) groups is 2. The lowest BCUT2D eigenvalue weighted by Gasteiger charge is -2.03. The van der Waals surface area contributed by atoms with E-state index in [0.29, 0.717) is 5.17 Å². The van der Waals surface area contributed by atoms with Crippen molar-refractivity contribution in [3.8, 4) is 0 Å². The molecule has 2 aromatic rings. The number of aryl methyl sites for hydroxylation is 1. The van der Waals surface area contributed by atoms with E-state index in [1.165, 1.54) is 7.11 Å². The van der Waals surface area contributed by atoms with Gasteiger partial charge in [0.15, 0.2) is 5.17 Å². The molecule has 0 aliphatic carbocycles. The Balaban J connectivity index is 1.81. The fourth-order valence-corrected chi connectivity index (χ4v) is 2.97. The van der Waals surface area contributed by atoms with Gasteiger partial charge in [0.2, 0.25) is 0 Å². The number of esters is 1. The third-order valence-electron chi connectivity index (χ3n) is 3.45. The number of rotatable bonds is 3. The highest BCUT2D eigenvalue weighted by atomic mass is 32.2. The Morgan fingerprint density at radius 1 is 1.36 bits per heavy atom. The van der Waals surface area contributed by atoms with Gasteiger partial charge in [0, 0.05) is 23.2 Å². The van der Waals surface area contributed by atoms with Crippen LogP contribution in [0.2, 0.25) is 0 Å². The first-order chi connectivity index (χ1) is 12.1. The van der Waals surface area contributed by atoms with Crippen LogP contribution in [0.4, 0.5) is 0 Å². The van der Waals surface area contributed by atoms with Gasteiger partial charge in [-0.3, -0.25) is 15.1 Å². The molecule has 0 radical (unpaired) electrons. The van der Waals surface area contributed by atoms with Crippen molar-refractivity contribution in [1.82, 2.24) is 10.3 Å². The van der Waals surface area contributed by atoms with Crippen LogP contribution in [0.1, 0.15) is 11.1 Å². The van der Waals surface area contributed by atoms with Crippen molar-refractivity contribution in [1.29, 1.82) is 0 Å². The molecule has 0 unspecified atom stereocenters. The number of amides is 1. The smallest absolute Gasteiger partial charge is 0.331 e. The molecule has 1 aliphatic heterocycles. The summed E-state index contributed by atoms with van der Waals surface area (Å²) >= 11 is 1.03. The van der Waals surface area contributed by atoms with E-state index in [0.717, 1.165) is 39.9 Å². The number of nitrogens with zero attached hydrogens (tertiary/aromatic N) is 3. The van der Waals surface area contributed by atoms with E-state index >= 15 is 0 Å². The summed E-state index contributed by atoms with van der Waals surface area (Å²) in [7, 11) is 1.25. The van der Waals surface area contributed by atoms with Crippen LogP contribution in [-0.2, 0) is 14.3 Å². The number of amidine groups is 1. The summed E-state index contributed by atoms with van der Waals surface area (Å²) in [6.45, 7) is 2.00. The third-order valence-corrected chi connectivity index (χ3v) is 4.35. The van der Waals surface area contributed by atoms with E-state index in [2.05, 4.69) is 25.2 Å². The van der Waals surface area contributed by atoms with Crippen LogP contribution < -0.4 is 5.32 Å². The predicted molar refractivity (Wildman–Crippen MR) is 97.3 cm³/mol. The summed E-state index contributed by atoms with van der Waals surface area (Å²) in [5.41, 5.74) is 2.86. The predicted octanol–water partition coefficient (Wildman–Crippen LogP) is 2.15. The van der Waals surface area contributed by atoms with Gasteiger partial charge in [-0.25, -0.2) is 4.79 Å². The molecule has 0 atom stereocenters. The van der Waals surface area contributed by atoms with Crippen molar-refractivity contribution in [3.05, 3.63) is 52.6 Å². The van der Waals surface area contributed by atoms with Gasteiger partial charge >= 0.3 is 5.97 Å². The van der Waals surface area contributed by atoms with Gasteiger partial charge in [-0.15, -0.1) is 5.10 Å². The van der Waals surface area contributed by atoms with E-state index in [1.54, 1.807) is 12.4 Å². The fourth-order valence-electron chi connectivity index (χ4n) is 2.23. The summed E-state index contributed by atoms with van der Waals surface area (Å²) in [5, 5.41) is 11.8. The van der Waals surface area contributed by atoms with Crippen molar-refractivity contribution in [2.45, 2.75) is 6.92 Å². The number of hydrogen-bond acceptors (Lipinski definition) is 7. The molecule has 126 valence electrons. The minimum absolute atomic E-state index is 0.214. The average Bonchev–Trinajstić information content (AvgIpc) is 2.96. The first kappa shape index (κ1) is 16.8. The Labute approximate surface area is 147 Å². The van der Waals surface area contributed by atoms with E-state index in [4.69, 9.17) is 0 Å². The van der Waals surface area contributed by atoms with Gasteiger partial charge in [-0.1, -0.05) is 18.2 Å². The molecular formula is C17H14N4O3S. The van der Waals surface area contributed by atoms with E-state index in [1.807, 2.05) is 31.2 Å². The van der Waals surface area contributed by atoms with Gasteiger partial charge in [-0.2, -0.15) is 5.10 Å². The monoisotopic (exact) mass is 354 g/mol. The van der Waals surface area contributed by atoms with Gasteiger partial charge in [-0.05, 0) is 30.3 Å². The molecule has 0 saturated carbocycles. The zero-order valence-corrected chi connectivity index (χ0v) is 14.3. The molecule has 2 heterocycles. The van der Waals surface area contributed by atoms with E-state index in [-0.39, 0.29) is 4.91 Å². The van der Waals surface area contributed by atoms with Crippen molar-refractivity contribution in [2.24, 2.45) is 10.2 Å². The summed E-state index contributed by atoms with van der Waals surface area (Å²) in [6, 6.07) is 7.73. The Bertz CT molecular complexity index is 950. The Morgan fingerprint density at radius 3 is 3.00 bits per heavy atom. The lowest BCUT2D eigenvalue weighted by atomic mass is 10.1. The molecule has 0 bridgehead atoms. The van der Waals surface area contributed by atoms with Crippen LogP contribution in [0, 0.1) is 6.92 Å². The van der Waals surface area contributed by atoms with Gasteiger partial charge in [0.05, 0.1) is 23.7 Å². The number of carbonyl (C=O) groups excluding carboxylic acids is 2. The maximum absolute atomic E-state index is 11.7. The summed E-state index contributed by atoms with van der Waals surface area (Å²) in [4.78, 5) is 27.5. The molecule has 1 aromatic carbocycles. The third kappa shape index (κ3) is 3.74. The van der Waals surface area contributed by atoms with E-state index < -0.39 is 11.9 Å². The highest BCUT2D eigenvalue weighted by molar-refractivity contribution is 8.18. The Kier molecular flexibility index (Phi) is 4.90. The normalized spacial score (nSPS) is 17.6. The van der Waals surface area contributed by atoms with Gasteiger partial charge in [0.25, 0.3) is 5.91 Å². The summed E-state index contributed by atoms with van der Waals surface area (Å²) in [5.74, 6) is -1.00. The maximum atomic E-state index is 11.7. The number of nitrogens with one attached hydrogen (secondary N) is 1. The molecule has 1 saturated heterocycles. The number of hydrogen-bond donors (Lipinski definition) is 1. The molecule has 1 fully saturated rings. The van der Waals surface area contributed by atoms with Crippen LogP contribution in [0.5, 0.6) is 0 Å². The molecular weight excluding hydrogens is 340 g/mol. The summed E-state index contributed by atoms with van der Waals surface area (Å²) in [6.07, 6.45) is 4.47. The number of aromatic nitrogens is 1. The standard InChI is InChI=1S/C17H14N4O3S/c1-10-5-6-11(12-4-3-7-18-15(10)12)9-19-21-17-20-16(23)13(25-17)8-14(22)24-2/h3-9H,1-2H3,(H,20,21,23)/b13-8+,19-9?. The molecule has 1 aliphatic rings. The molecule has 1 N–H and O–H groups in total. The van der Waals surface area contributed by atoms with Crippen LogP contribution in [0.15, 0.2) is 51.6 Å². The molecule has 1 aromatic heterocycles. The van der Waals surface area contributed by atoms with Gasteiger partial charge < -0.3 is 4.74 Å². The first-order valence-corrected chi connectivity index (χ1v) is 8.14. The molecule has 1 amide bonds. The van der Waals surface area contributed by atoms with Crippen molar-refractivity contribution >= 4 is 45.9 Å². The average molecular weight is 354 g/mol. The zero-order valence-electron chi connectivity index (χ0n) is 13.5. The number of fused-ring (bicyclic) bond motifs is 1. The highest BCUT2D eigenvalue weighted by Crippen LogP contribution is 2.23. The minimum Gasteiger partial charge on any atom is -0.466 e. The molecule has 0 spiro atoms. The van der Waals surface area contributed by atoms with Crippen LogP contribution in [0.3, 0.4) is 0 Å². The van der Waals surface area contributed by atoms with Crippen LogP contribution >= 0.6 is 11.8 Å². The van der Waals surface area contributed by atoms with Crippen LogP contribution in [0.25, 0.3) is 10.9 Å². The number of benzene rings is 1. The number of methoxy groups -OCH3 is 1. The fraction of sp³-hybridized carbons (Fsp3) is 0.118. The number of thioether (sulfide) groups is 1. The minimum atomic E-state index is -0.596. The largest absolute Gasteiger partial charge is 0.466 e. The second kappa shape index (κ2) is 7.27. The van der Waals surface area contributed by atoms with Crippen molar-refractivity contribution in [3.63, 3.8) is 0 Å². The number of ether oxygens (including phenoxy) is 1. The SMILES string of the molecule is COC(=O)/C=C1/S/C(=N\N=Cc2ccc(C)c3ncccc23)NC1=O. The molecule has 8 heteroatoms. The molecule has 3 rings (SSSR count). The topological polar surface area (TPSA) is 93.0 Å². The summed E-state index contributed by atoms with van der Waals surface area (Å²) < 4.78 is 4.50. The lowest BCUT2D eigenvalue weighted by Crippen LogP contribution is -2.19. The maximum Gasteiger partial charge on any atom is 0.331 e. The second-order valence-electron chi connectivity index (χ2n) is 5.11. The first-order valence-electron chi connectivity index (χ1n) is 7.32. The Morgan fingerprint density at radius 2 is 2.20 bits per heavy atom. The second-order valence-corrected chi connectivity index (χ2v) is 6.14. The zero-order chi connectivity index (χ0) is 17.8. The lowest BCUT2D eigenvalue weighted by molar-refractivity contribution is -0.135. The van der Waals surface area contributed by atoms with Gasteiger partial charge in [0.1, 0.15) is 0 Å². The number of pyridine rings is 1. The van der Waals surface area contributed by atoms with Crippen molar-refractivity contribution in [2.75, 3.05) is 7.11 Å². The Hall–Kier alpha value is -3.00. The highest BCUT2D eigenvalue weighted by Gasteiger charge is 2.24. The van der Waals surface area contributed by atoms with E-state index in [9.17, 15) is 9.59 Å². The quantitative estimate of drug-likeness (QED) is 0.395. The van der Waals surface area contributed by atoms with Crippen molar-refractivity contribution < 1.29 is 14.3 Å². The van der Waals surface area contributed by atoms with Crippen LogP contribution in [-0.4, -0.2) is 35.4 Å².